The quantitative estimate of drug-likeness (QED) is 0.431. The lowest BCUT2D eigenvalue weighted by Gasteiger charge is -2.25. The van der Waals surface area contributed by atoms with Crippen molar-refractivity contribution in [2.75, 3.05) is 11.5 Å². The average Bonchev–Trinajstić information content (AvgIpc) is 3.01. The average molecular weight is 405 g/mol. The number of anilines is 1. The molecule has 2 aromatic carbocycles. The highest BCUT2D eigenvalue weighted by Crippen LogP contribution is 2.42. The highest BCUT2D eigenvalue weighted by Gasteiger charge is 2.50. The van der Waals surface area contributed by atoms with E-state index in [1.165, 1.54) is 11.0 Å². The molecule has 4 rings (SSSR count). The lowest BCUT2D eigenvalue weighted by Crippen LogP contribution is -2.31. The molecule has 6 nitrogen and oxygen atoms in total. The van der Waals surface area contributed by atoms with Crippen molar-refractivity contribution in [2.45, 2.75) is 26.2 Å². The van der Waals surface area contributed by atoms with Gasteiger partial charge >= 0.3 is 5.97 Å². The zero-order valence-electron chi connectivity index (χ0n) is 16.7. The van der Waals surface area contributed by atoms with Crippen molar-refractivity contribution < 1.29 is 23.9 Å². The van der Waals surface area contributed by atoms with Crippen LogP contribution in [-0.2, 0) is 14.3 Å². The first-order chi connectivity index (χ1) is 14.5. The lowest BCUT2D eigenvalue weighted by molar-refractivity contribution is -0.122. The summed E-state index contributed by atoms with van der Waals surface area (Å²) >= 11 is 0. The number of nitrogens with zero attached hydrogens (tertiary/aromatic N) is 1. The van der Waals surface area contributed by atoms with E-state index in [0.717, 1.165) is 19.3 Å². The molecule has 1 saturated heterocycles. The largest absolute Gasteiger partial charge is 0.454 e. The molecule has 2 aromatic rings. The molecule has 3 atom stereocenters. The molecule has 1 saturated carbocycles. The molecule has 0 aromatic heterocycles. The number of amides is 2. The van der Waals surface area contributed by atoms with Crippen LogP contribution in [0, 0.1) is 17.8 Å². The van der Waals surface area contributed by atoms with Crippen LogP contribution in [-0.4, -0.2) is 30.2 Å². The topological polar surface area (TPSA) is 80.8 Å². The summed E-state index contributed by atoms with van der Waals surface area (Å²) < 4.78 is 5.15. The number of hydrogen-bond donors (Lipinski definition) is 0. The van der Waals surface area contributed by atoms with Gasteiger partial charge in [0, 0.05) is 5.56 Å². The molecular formula is C24H23NO5. The van der Waals surface area contributed by atoms with Gasteiger partial charge in [0.1, 0.15) is 0 Å². The minimum atomic E-state index is -0.675. The predicted molar refractivity (Wildman–Crippen MR) is 110 cm³/mol. The monoisotopic (exact) mass is 405 g/mol. The molecule has 154 valence electrons. The Morgan fingerprint density at radius 3 is 2.40 bits per heavy atom. The van der Waals surface area contributed by atoms with Gasteiger partial charge in [0.15, 0.2) is 12.4 Å². The molecule has 1 heterocycles. The molecule has 1 aliphatic heterocycles. The number of fused-ring (bicyclic) bond motifs is 1. The predicted octanol–water partition coefficient (Wildman–Crippen LogP) is 3.65. The second kappa shape index (κ2) is 8.22. The highest BCUT2D eigenvalue weighted by atomic mass is 16.5. The van der Waals surface area contributed by atoms with E-state index >= 15 is 0 Å². The molecule has 0 radical (unpaired) electrons. The van der Waals surface area contributed by atoms with Crippen LogP contribution in [0.25, 0.3) is 0 Å². The summed E-state index contributed by atoms with van der Waals surface area (Å²) in [5.41, 5.74) is 1.03. The van der Waals surface area contributed by atoms with Gasteiger partial charge in [0.05, 0.1) is 23.1 Å². The Morgan fingerprint density at radius 1 is 0.933 bits per heavy atom. The zero-order valence-corrected chi connectivity index (χ0v) is 16.7. The van der Waals surface area contributed by atoms with Crippen LogP contribution in [0.15, 0.2) is 54.6 Å². The number of rotatable bonds is 5. The van der Waals surface area contributed by atoms with Crippen LogP contribution in [0.3, 0.4) is 0 Å². The molecule has 0 bridgehead atoms. The van der Waals surface area contributed by atoms with E-state index in [2.05, 4.69) is 6.92 Å². The van der Waals surface area contributed by atoms with Gasteiger partial charge in [-0.2, -0.15) is 0 Å². The SMILES string of the molecule is C[C@@H]1CC[C@@H]2C(=O)N(c3cccc(C(=O)OCC(=O)c4ccccc4)c3)C(=O)[C@@H]2C1. The van der Waals surface area contributed by atoms with Crippen molar-refractivity contribution >= 4 is 29.3 Å². The molecule has 1 aliphatic carbocycles. The summed E-state index contributed by atoms with van der Waals surface area (Å²) in [4.78, 5) is 51.5. The number of hydrogen-bond acceptors (Lipinski definition) is 5. The second-order valence-corrected chi connectivity index (χ2v) is 8.06. The normalized spacial score (nSPS) is 23.2. The maximum absolute atomic E-state index is 12.9. The summed E-state index contributed by atoms with van der Waals surface area (Å²) in [6.45, 7) is 1.72. The number of ketones is 1. The number of carbonyl (C=O) groups is 4. The Balaban J connectivity index is 1.47. The zero-order chi connectivity index (χ0) is 21.3. The van der Waals surface area contributed by atoms with Gasteiger partial charge < -0.3 is 4.74 Å². The Bertz CT molecular complexity index is 1000. The number of imide groups is 1. The van der Waals surface area contributed by atoms with Crippen LogP contribution in [0.5, 0.6) is 0 Å². The van der Waals surface area contributed by atoms with Crippen molar-refractivity contribution in [3.05, 3.63) is 65.7 Å². The van der Waals surface area contributed by atoms with Gasteiger partial charge in [0.25, 0.3) is 0 Å². The lowest BCUT2D eigenvalue weighted by atomic mass is 9.76. The first-order valence-corrected chi connectivity index (χ1v) is 10.2. The van der Waals surface area contributed by atoms with E-state index in [1.54, 1.807) is 48.5 Å². The van der Waals surface area contributed by atoms with Gasteiger partial charge in [-0.25, -0.2) is 4.79 Å². The van der Waals surface area contributed by atoms with E-state index in [-0.39, 0.29) is 41.6 Å². The van der Waals surface area contributed by atoms with Crippen LogP contribution >= 0.6 is 0 Å². The number of esters is 1. The molecule has 2 aliphatic rings. The fourth-order valence-electron chi connectivity index (χ4n) is 4.34. The summed E-state index contributed by atoms with van der Waals surface area (Å²) in [6.07, 6.45) is 2.38. The van der Waals surface area contributed by atoms with Gasteiger partial charge in [-0.05, 0) is 43.4 Å². The van der Waals surface area contributed by atoms with Crippen LogP contribution in [0.1, 0.15) is 46.9 Å². The first-order valence-electron chi connectivity index (χ1n) is 10.2. The number of Topliss-reactive ketones (excluding diaryl/α,β-unsaturated/α-hetero) is 1. The minimum Gasteiger partial charge on any atom is -0.454 e. The Labute approximate surface area is 174 Å². The maximum atomic E-state index is 12.9. The van der Waals surface area contributed by atoms with Crippen molar-refractivity contribution in [3.8, 4) is 0 Å². The van der Waals surface area contributed by atoms with Crippen molar-refractivity contribution in [2.24, 2.45) is 17.8 Å². The molecule has 6 heteroatoms. The summed E-state index contributed by atoms with van der Waals surface area (Å²) in [5, 5.41) is 0. The highest BCUT2D eigenvalue weighted by molar-refractivity contribution is 6.22. The van der Waals surface area contributed by atoms with Gasteiger partial charge in [-0.3, -0.25) is 19.3 Å². The molecule has 2 fully saturated rings. The van der Waals surface area contributed by atoms with E-state index in [4.69, 9.17) is 4.74 Å². The maximum Gasteiger partial charge on any atom is 0.338 e. The minimum absolute atomic E-state index is 0.192. The number of benzene rings is 2. The van der Waals surface area contributed by atoms with Gasteiger partial charge in [-0.15, -0.1) is 0 Å². The second-order valence-electron chi connectivity index (χ2n) is 8.06. The van der Waals surface area contributed by atoms with Gasteiger partial charge in [-0.1, -0.05) is 43.3 Å². The third kappa shape index (κ3) is 3.77. The molecule has 0 unspecified atom stereocenters. The molecular weight excluding hydrogens is 382 g/mol. The standard InChI is InChI=1S/C24H23NO5/c1-15-10-11-19-20(12-15)23(28)25(22(19)27)18-9-5-8-17(13-18)24(29)30-14-21(26)16-6-3-2-4-7-16/h2-9,13,15,19-20H,10-12,14H2,1H3/t15-,19+,20-/m1/s1. The molecule has 0 N–H and O–H groups in total. The molecule has 2 amide bonds. The van der Waals surface area contributed by atoms with Crippen LogP contribution in [0.2, 0.25) is 0 Å². The van der Waals surface area contributed by atoms with Crippen molar-refractivity contribution in [1.82, 2.24) is 0 Å². The van der Waals surface area contributed by atoms with E-state index in [9.17, 15) is 19.2 Å². The van der Waals surface area contributed by atoms with Gasteiger partial charge in [0.2, 0.25) is 11.8 Å². The third-order valence-corrected chi connectivity index (χ3v) is 5.96. The number of carbonyl (C=O) groups excluding carboxylic acids is 4. The summed E-state index contributed by atoms with van der Waals surface area (Å²) in [6, 6.07) is 14.8. The van der Waals surface area contributed by atoms with E-state index < -0.39 is 5.97 Å². The summed E-state index contributed by atoms with van der Waals surface area (Å²) in [5.74, 6) is -1.49. The van der Waals surface area contributed by atoms with Crippen molar-refractivity contribution in [1.29, 1.82) is 0 Å². The Morgan fingerprint density at radius 2 is 1.63 bits per heavy atom. The fraction of sp³-hybridized carbons (Fsp3) is 0.333. The first kappa shape index (κ1) is 20.0. The van der Waals surface area contributed by atoms with Crippen molar-refractivity contribution in [3.63, 3.8) is 0 Å². The fourth-order valence-corrected chi connectivity index (χ4v) is 4.34. The third-order valence-electron chi connectivity index (χ3n) is 5.96. The molecule has 30 heavy (non-hydrogen) atoms. The van der Waals surface area contributed by atoms with Crippen LogP contribution < -0.4 is 4.90 Å². The van der Waals surface area contributed by atoms with E-state index in [1.807, 2.05) is 0 Å². The molecule has 0 spiro atoms. The Kier molecular flexibility index (Phi) is 5.48. The smallest absolute Gasteiger partial charge is 0.338 e. The van der Waals surface area contributed by atoms with Crippen LogP contribution in [0.4, 0.5) is 5.69 Å². The summed E-state index contributed by atoms with van der Waals surface area (Å²) in [7, 11) is 0. The van der Waals surface area contributed by atoms with E-state index in [0.29, 0.717) is 17.2 Å². The Hall–Kier alpha value is -3.28. The number of ether oxygens (including phenoxy) is 1.